The van der Waals surface area contributed by atoms with Crippen molar-refractivity contribution in [1.82, 2.24) is 4.98 Å². The third kappa shape index (κ3) is 1.57. The van der Waals surface area contributed by atoms with Crippen molar-refractivity contribution in [1.29, 1.82) is 0 Å². The summed E-state index contributed by atoms with van der Waals surface area (Å²) >= 11 is 0. The largest absolute Gasteiger partial charge is 0.256 e. The van der Waals surface area contributed by atoms with Crippen LogP contribution in [-0.4, -0.2) is 18.3 Å². The highest BCUT2D eigenvalue weighted by atomic mass is 31.1. The Kier molecular flexibility index (Phi) is 2.28. The minimum Gasteiger partial charge on any atom is -0.256 e. The molecule has 0 aliphatic rings. The van der Waals surface area contributed by atoms with Gasteiger partial charge in [0, 0.05) is 16.9 Å². The van der Waals surface area contributed by atoms with E-state index in [-0.39, 0.29) is 7.92 Å². The average molecular weight is 189 g/mol. The molecule has 2 rings (SSSR count). The maximum Gasteiger partial charge on any atom is 0.0778 e. The van der Waals surface area contributed by atoms with Crippen molar-refractivity contribution in [2.24, 2.45) is 0 Å². The Morgan fingerprint density at radius 3 is 2.62 bits per heavy atom. The lowest BCUT2D eigenvalue weighted by molar-refractivity contribution is 1.42. The Labute approximate surface area is 79.6 Å². The Morgan fingerprint density at radius 1 is 1.08 bits per heavy atom. The molecule has 0 bridgehead atoms. The van der Waals surface area contributed by atoms with Crippen molar-refractivity contribution in [3.8, 4) is 0 Å². The summed E-state index contributed by atoms with van der Waals surface area (Å²) in [7, 11) is -0.0579. The molecule has 66 valence electrons. The second-order valence-corrected chi connectivity index (χ2v) is 5.52. The van der Waals surface area contributed by atoms with E-state index in [1.165, 1.54) is 16.2 Å². The van der Waals surface area contributed by atoms with Crippen LogP contribution in [0.4, 0.5) is 0 Å². The van der Waals surface area contributed by atoms with Crippen LogP contribution in [0.25, 0.3) is 10.9 Å². The van der Waals surface area contributed by atoms with Gasteiger partial charge in [0.15, 0.2) is 0 Å². The fourth-order valence-electron chi connectivity index (χ4n) is 1.45. The minimum absolute atomic E-state index is 0.0579. The van der Waals surface area contributed by atoms with Crippen LogP contribution in [-0.2, 0) is 0 Å². The minimum atomic E-state index is -0.0579. The number of nitrogens with zero attached hydrogens (tertiary/aromatic N) is 1. The molecule has 0 radical (unpaired) electrons. The molecular formula is C11H12NP. The molecule has 0 spiro atoms. The van der Waals surface area contributed by atoms with E-state index >= 15 is 0 Å². The van der Waals surface area contributed by atoms with Gasteiger partial charge in [0.2, 0.25) is 0 Å². The maximum atomic E-state index is 4.42. The van der Waals surface area contributed by atoms with Gasteiger partial charge in [0.25, 0.3) is 0 Å². The zero-order valence-corrected chi connectivity index (χ0v) is 8.75. The molecule has 0 fully saturated rings. The first-order valence-electron chi connectivity index (χ1n) is 4.30. The van der Waals surface area contributed by atoms with E-state index < -0.39 is 0 Å². The molecule has 0 unspecified atom stereocenters. The standard InChI is InChI=1S/C11H12NP/c1-13(2)10-7-3-5-9-6-4-8-12-11(9)10/h3-8H,1-2H3. The van der Waals surface area contributed by atoms with Crippen molar-refractivity contribution < 1.29 is 0 Å². The van der Waals surface area contributed by atoms with Crippen LogP contribution in [0.2, 0.25) is 0 Å². The molecule has 1 aromatic heterocycles. The number of fused-ring (bicyclic) bond motifs is 1. The molecule has 0 amide bonds. The van der Waals surface area contributed by atoms with E-state index in [0.717, 1.165) is 0 Å². The van der Waals surface area contributed by atoms with Gasteiger partial charge < -0.3 is 0 Å². The lowest BCUT2D eigenvalue weighted by Gasteiger charge is -2.08. The SMILES string of the molecule is CP(C)c1cccc2cccnc12. The van der Waals surface area contributed by atoms with Crippen LogP contribution in [0.3, 0.4) is 0 Å². The van der Waals surface area contributed by atoms with E-state index in [0.29, 0.717) is 0 Å². The van der Waals surface area contributed by atoms with Gasteiger partial charge in [-0.05, 0) is 19.4 Å². The molecule has 1 aromatic carbocycles. The Morgan fingerprint density at radius 2 is 1.85 bits per heavy atom. The summed E-state index contributed by atoms with van der Waals surface area (Å²) in [6, 6.07) is 10.5. The van der Waals surface area contributed by atoms with Gasteiger partial charge >= 0.3 is 0 Å². The average Bonchev–Trinajstić information content (AvgIpc) is 2.17. The van der Waals surface area contributed by atoms with E-state index in [1.807, 2.05) is 12.3 Å². The molecule has 0 saturated heterocycles. The monoisotopic (exact) mass is 189 g/mol. The molecule has 0 saturated carbocycles. The van der Waals surface area contributed by atoms with Crippen molar-refractivity contribution in [2.45, 2.75) is 0 Å². The van der Waals surface area contributed by atoms with Crippen LogP contribution in [0.15, 0.2) is 36.5 Å². The molecule has 1 nitrogen and oxygen atoms in total. The maximum absolute atomic E-state index is 4.42. The molecule has 2 aromatic rings. The van der Waals surface area contributed by atoms with Gasteiger partial charge in [-0.15, -0.1) is 0 Å². The predicted molar refractivity (Wildman–Crippen MR) is 60.1 cm³/mol. The number of rotatable bonds is 1. The zero-order chi connectivity index (χ0) is 9.26. The number of benzene rings is 1. The molecule has 0 aliphatic heterocycles. The number of hydrogen-bond donors (Lipinski definition) is 0. The second-order valence-electron chi connectivity index (χ2n) is 3.25. The Balaban J connectivity index is 2.76. The highest BCUT2D eigenvalue weighted by Crippen LogP contribution is 2.26. The highest BCUT2D eigenvalue weighted by Gasteiger charge is 2.03. The molecule has 1 heterocycles. The first-order chi connectivity index (χ1) is 6.29. The summed E-state index contributed by atoms with van der Waals surface area (Å²) in [6.45, 7) is 4.53. The van der Waals surface area contributed by atoms with Gasteiger partial charge in [0.1, 0.15) is 0 Å². The van der Waals surface area contributed by atoms with Gasteiger partial charge in [-0.3, -0.25) is 4.98 Å². The predicted octanol–water partition coefficient (Wildman–Crippen LogP) is 2.60. The van der Waals surface area contributed by atoms with E-state index in [1.54, 1.807) is 0 Å². The van der Waals surface area contributed by atoms with Crippen molar-refractivity contribution >= 4 is 24.1 Å². The Bertz CT molecular complexity index is 418. The molecule has 0 N–H and O–H groups in total. The first-order valence-corrected chi connectivity index (χ1v) is 6.54. The number of aromatic nitrogens is 1. The van der Waals surface area contributed by atoms with Crippen LogP contribution in [0.5, 0.6) is 0 Å². The van der Waals surface area contributed by atoms with Gasteiger partial charge in [0.05, 0.1) is 5.52 Å². The van der Waals surface area contributed by atoms with Gasteiger partial charge in [-0.1, -0.05) is 32.2 Å². The van der Waals surface area contributed by atoms with Crippen molar-refractivity contribution in [3.05, 3.63) is 36.5 Å². The van der Waals surface area contributed by atoms with Crippen LogP contribution in [0, 0.1) is 0 Å². The summed E-state index contributed by atoms with van der Waals surface area (Å²) < 4.78 is 0. The third-order valence-corrected chi connectivity index (χ3v) is 3.42. The van der Waals surface area contributed by atoms with Crippen molar-refractivity contribution in [2.75, 3.05) is 13.3 Å². The molecule has 0 atom stereocenters. The first kappa shape index (κ1) is 8.65. The fraction of sp³-hybridized carbons (Fsp3) is 0.182. The van der Waals surface area contributed by atoms with Crippen LogP contribution in [0.1, 0.15) is 0 Å². The lowest BCUT2D eigenvalue weighted by Crippen LogP contribution is -2.01. The normalized spacial score (nSPS) is 11.0. The van der Waals surface area contributed by atoms with E-state index in [2.05, 4.69) is 42.6 Å². The van der Waals surface area contributed by atoms with Crippen LogP contribution >= 0.6 is 7.92 Å². The van der Waals surface area contributed by atoms with E-state index in [9.17, 15) is 0 Å². The molecule has 13 heavy (non-hydrogen) atoms. The number of hydrogen-bond acceptors (Lipinski definition) is 1. The number of pyridine rings is 1. The summed E-state index contributed by atoms with van der Waals surface area (Å²) in [5, 5.41) is 2.64. The zero-order valence-electron chi connectivity index (χ0n) is 7.86. The Hall–Kier alpha value is -0.940. The van der Waals surface area contributed by atoms with E-state index in [4.69, 9.17) is 0 Å². The summed E-state index contributed by atoms with van der Waals surface area (Å²) in [6.07, 6.45) is 1.87. The molecule has 0 aliphatic carbocycles. The van der Waals surface area contributed by atoms with Crippen LogP contribution < -0.4 is 5.30 Å². The lowest BCUT2D eigenvalue weighted by atomic mass is 10.2. The highest BCUT2D eigenvalue weighted by molar-refractivity contribution is 7.64. The summed E-state index contributed by atoms with van der Waals surface area (Å²) in [4.78, 5) is 4.42. The topological polar surface area (TPSA) is 12.9 Å². The van der Waals surface area contributed by atoms with Gasteiger partial charge in [-0.25, -0.2) is 0 Å². The second kappa shape index (κ2) is 3.43. The smallest absolute Gasteiger partial charge is 0.0778 e. The molecule has 2 heteroatoms. The molecular weight excluding hydrogens is 177 g/mol. The summed E-state index contributed by atoms with van der Waals surface area (Å²) in [5.41, 5.74) is 1.17. The van der Waals surface area contributed by atoms with Crippen molar-refractivity contribution in [3.63, 3.8) is 0 Å². The quantitative estimate of drug-likeness (QED) is 0.628. The summed E-state index contributed by atoms with van der Waals surface area (Å²) in [5.74, 6) is 0. The number of para-hydroxylation sites is 1. The third-order valence-electron chi connectivity index (χ3n) is 2.09. The van der Waals surface area contributed by atoms with Gasteiger partial charge in [-0.2, -0.15) is 0 Å². The fourth-order valence-corrected chi connectivity index (χ4v) is 2.44.